The molecule has 21 heteroatoms. The van der Waals surface area contributed by atoms with Crippen LogP contribution in [0.1, 0.15) is 86.1 Å². The number of aromatic nitrogens is 5. The minimum Gasteiger partial charge on any atom is -0.382 e. The van der Waals surface area contributed by atoms with Crippen molar-refractivity contribution in [1.82, 2.24) is 38.8 Å². The van der Waals surface area contributed by atoms with Crippen molar-refractivity contribution in [2.45, 2.75) is 69.9 Å². The number of carbonyl (C=O) groups excluding carboxylic acids is 4. The molecule has 3 aromatic heterocycles. The van der Waals surface area contributed by atoms with E-state index in [0.29, 0.717) is 82.3 Å². The van der Waals surface area contributed by atoms with Crippen molar-refractivity contribution < 1.29 is 51.7 Å². The molecular formula is C49H50F3N9O9. The average molecular weight is 966 g/mol. The summed E-state index contributed by atoms with van der Waals surface area (Å²) in [5.74, 6) is -1.98. The second kappa shape index (κ2) is 20.5. The third kappa shape index (κ3) is 10.3. The van der Waals surface area contributed by atoms with Crippen LogP contribution in [0.2, 0.25) is 0 Å². The lowest BCUT2D eigenvalue weighted by Crippen LogP contribution is -2.54. The van der Waals surface area contributed by atoms with Crippen molar-refractivity contribution in [1.29, 1.82) is 0 Å². The van der Waals surface area contributed by atoms with E-state index in [2.05, 4.69) is 20.8 Å². The molecule has 4 amide bonds. The van der Waals surface area contributed by atoms with Crippen molar-refractivity contribution in [2.24, 2.45) is 7.05 Å². The normalized spacial score (nSPS) is 17.4. The first-order valence-corrected chi connectivity index (χ1v) is 22.9. The molecule has 9 rings (SSSR count). The number of nitrogens with zero attached hydrogens (tertiary/aromatic N) is 7. The number of pyridine rings is 1. The number of nitrogens with one attached hydrogen (secondary N) is 2. The molecule has 3 N–H and O–H groups in total. The van der Waals surface area contributed by atoms with Gasteiger partial charge in [-0.05, 0) is 71.8 Å². The van der Waals surface area contributed by atoms with Crippen LogP contribution in [0.25, 0.3) is 11.2 Å². The van der Waals surface area contributed by atoms with Crippen LogP contribution in [0.5, 0.6) is 0 Å². The number of fused-ring (bicyclic) bond motifs is 2. The number of hydrogen-bond acceptors (Lipinski definition) is 13. The number of aliphatic hydroxyl groups excluding tert-OH is 1. The smallest absolute Gasteiger partial charge is 0.382 e. The molecule has 2 saturated heterocycles. The number of alkyl halides is 3. The molecule has 0 bridgehead atoms. The van der Waals surface area contributed by atoms with E-state index in [-0.39, 0.29) is 53.6 Å². The Kier molecular flexibility index (Phi) is 14.1. The Balaban J connectivity index is 0.690. The Morgan fingerprint density at radius 1 is 0.857 bits per heavy atom. The van der Waals surface area contributed by atoms with Crippen molar-refractivity contribution in [3.63, 3.8) is 0 Å². The molecule has 366 valence electrons. The molecule has 3 aromatic carbocycles. The highest BCUT2D eigenvalue weighted by Crippen LogP contribution is 2.35. The van der Waals surface area contributed by atoms with Crippen LogP contribution in [0.3, 0.4) is 0 Å². The minimum absolute atomic E-state index is 0.0299. The monoisotopic (exact) mass is 965 g/mol. The fraction of sp³-hybridized carbons (Fsp3) is 0.367. The number of aliphatic hydroxyl groups is 1. The van der Waals surface area contributed by atoms with Crippen molar-refractivity contribution in [3.05, 3.63) is 147 Å². The number of rotatable bonds is 18. The number of halogens is 3. The average Bonchev–Trinajstić information content (AvgIpc) is 4.01. The van der Waals surface area contributed by atoms with Crippen molar-refractivity contribution in [3.8, 4) is 5.69 Å². The van der Waals surface area contributed by atoms with Crippen LogP contribution in [0, 0.1) is 0 Å². The fourth-order valence-corrected chi connectivity index (χ4v) is 9.08. The van der Waals surface area contributed by atoms with Crippen LogP contribution in [0.15, 0.2) is 96.3 Å². The summed E-state index contributed by atoms with van der Waals surface area (Å²) in [6.07, 6.45) is -0.367. The molecule has 3 aliphatic heterocycles. The fourth-order valence-electron chi connectivity index (χ4n) is 9.08. The van der Waals surface area contributed by atoms with Crippen LogP contribution in [0.4, 0.5) is 18.9 Å². The molecule has 3 aliphatic rings. The Morgan fingerprint density at radius 2 is 1.59 bits per heavy atom. The molecule has 1 unspecified atom stereocenters. The molecule has 0 aliphatic carbocycles. The SMILES string of the molecule is Cn1cnnc1[C@H](O)c1cccc(-n2cc3c(C(F)(F)F)cc(CN4CCC(OCCOCc5ccc(COCCNc6cccc7c6C(=O)N(C6CCC(=O)NC6=O)C7=O)cc5)CC4)cn3c2=O)c1. The number of likely N-dealkylation sites (tertiary alicyclic amines) is 1. The van der Waals surface area contributed by atoms with Gasteiger partial charge in [0.15, 0.2) is 5.82 Å². The van der Waals surface area contributed by atoms with E-state index < -0.39 is 53.2 Å². The van der Waals surface area contributed by atoms with Gasteiger partial charge in [-0.1, -0.05) is 42.5 Å². The van der Waals surface area contributed by atoms with Gasteiger partial charge >= 0.3 is 11.9 Å². The Hall–Kier alpha value is -7.04. The molecule has 6 heterocycles. The third-order valence-electron chi connectivity index (χ3n) is 12.7. The van der Waals surface area contributed by atoms with E-state index in [0.717, 1.165) is 31.1 Å². The standard InChI is InChI=1S/C49H50F3N9O9/c1-57-29-54-56-44(57)43(63)33-4-2-5-34(23-33)59-26-40-37(49(50,51)52)22-32(25-60(40)48(59)67)24-58-17-14-35(15-18-58)70-21-20-69-28-31-10-8-30(9-11-31)27-68-19-16-53-38-7-3-6-36-42(38)47(66)61(46(36)65)39-12-13-41(62)55-45(39)64/h2-11,22-23,25-26,29,35,39,43,53,63H,12-21,24,27-28H2,1H3,(H,55,62,64)/t39?,43-/m1/s1. The van der Waals surface area contributed by atoms with E-state index in [1.165, 1.54) is 24.8 Å². The molecule has 0 radical (unpaired) electrons. The van der Waals surface area contributed by atoms with Crippen LogP contribution < -0.4 is 16.3 Å². The number of aryl methyl sites for hydroxylation is 1. The summed E-state index contributed by atoms with van der Waals surface area (Å²) < 4.78 is 64.9. The molecule has 0 saturated carbocycles. The largest absolute Gasteiger partial charge is 0.418 e. The quantitative estimate of drug-likeness (QED) is 0.0801. The summed E-state index contributed by atoms with van der Waals surface area (Å²) in [6.45, 7) is 3.55. The van der Waals surface area contributed by atoms with Gasteiger partial charge in [0, 0.05) is 57.7 Å². The Bertz CT molecular complexity index is 2980. The lowest BCUT2D eigenvalue weighted by atomic mass is 10.0. The van der Waals surface area contributed by atoms with E-state index in [1.807, 2.05) is 29.2 Å². The number of carbonyl (C=O) groups is 4. The molecular weight excluding hydrogens is 916 g/mol. The minimum atomic E-state index is -4.72. The maximum Gasteiger partial charge on any atom is 0.418 e. The Labute approximate surface area is 398 Å². The Morgan fingerprint density at radius 3 is 2.29 bits per heavy atom. The highest BCUT2D eigenvalue weighted by atomic mass is 19.4. The summed E-state index contributed by atoms with van der Waals surface area (Å²) in [5, 5.41) is 24.0. The highest BCUT2D eigenvalue weighted by molar-refractivity contribution is 6.25. The van der Waals surface area contributed by atoms with Gasteiger partial charge in [-0.2, -0.15) is 13.2 Å². The van der Waals surface area contributed by atoms with Gasteiger partial charge in [0.1, 0.15) is 18.5 Å². The molecule has 70 heavy (non-hydrogen) atoms. The second-order valence-corrected chi connectivity index (χ2v) is 17.5. The zero-order chi connectivity index (χ0) is 49.1. The maximum atomic E-state index is 14.5. The van der Waals surface area contributed by atoms with Gasteiger partial charge in [-0.25, -0.2) is 4.79 Å². The summed E-state index contributed by atoms with van der Waals surface area (Å²) in [7, 11) is 1.67. The van der Waals surface area contributed by atoms with Crippen LogP contribution in [-0.4, -0.2) is 114 Å². The first-order valence-electron chi connectivity index (χ1n) is 22.9. The predicted molar refractivity (Wildman–Crippen MR) is 245 cm³/mol. The van der Waals surface area contributed by atoms with Gasteiger partial charge in [-0.3, -0.25) is 43.3 Å². The van der Waals surface area contributed by atoms with Crippen LogP contribution in [-0.2, 0) is 56.8 Å². The number of imidazole rings is 1. The lowest BCUT2D eigenvalue weighted by molar-refractivity contribution is -0.137. The van der Waals surface area contributed by atoms with Gasteiger partial charge in [-0.15, -0.1) is 10.2 Å². The first-order chi connectivity index (χ1) is 33.7. The second-order valence-electron chi connectivity index (χ2n) is 17.5. The van der Waals surface area contributed by atoms with E-state index in [9.17, 15) is 42.3 Å². The predicted octanol–water partition coefficient (Wildman–Crippen LogP) is 4.55. The van der Waals surface area contributed by atoms with Gasteiger partial charge < -0.3 is 29.2 Å². The van der Waals surface area contributed by atoms with E-state index in [4.69, 9.17) is 14.2 Å². The van der Waals surface area contributed by atoms with Gasteiger partial charge in [0.25, 0.3) is 11.8 Å². The summed E-state index contributed by atoms with van der Waals surface area (Å²) >= 11 is 0. The van der Waals surface area contributed by atoms with Crippen molar-refractivity contribution >= 4 is 34.8 Å². The van der Waals surface area contributed by atoms with Gasteiger partial charge in [0.2, 0.25) is 11.8 Å². The number of piperidine rings is 2. The number of amides is 4. The summed E-state index contributed by atoms with van der Waals surface area (Å²) in [6, 6.07) is 19.1. The molecule has 2 atom stereocenters. The number of benzene rings is 3. The zero-order valence-corrected chi connectivity index (χ0v) is 38.1. The molecule has 18 nitrogen and oxygen atoms in total. The highest BCUT2D eigenvalue weighted by Gasteiger charge is 2.45. The number of imide groups is 2. The number of hydrogen-bond donors (Lipinski definition) is 3. The topological polar surface area (TPSA) is 204 Å². The van der Waals surface area contributed by atoms with E-state index in [1.54, 1.807) is 48.0 Å². The first kappa shape index (κ1) is 48.0. The van der Waals surface area contributed by atoms with Crippen LogP contribution >= 0.6 is 0 Å². The van der Waals surface area contributed by atoms with E-state index >= 15 is 0 Å². The maximum absolute atomic E-state index is 14.5. The third-order valence-corrected chi connectivity index (χ3v) is 12.7. The zero-order valence-electron chi connectivity index (χ0n) is 38.1. The summed E-state index contributed by atoms with van der Waals surface area (Å²) in [4.78, 5) is 67.1. The summed E-state index contributed by atoms with van der Waals surface area (Å²) in [5.41, 5.74) is 1.91. The number of anilines is 1. The lowest BCUT2D eigenvalue weighted by Gasteiger charge is -2.32. The molecule has 2 fully saturated rings. The number of ether oxygens (including phenoxy) is 3. The van der Waals surface area contributed by atoms with Gasteiger partial charge in [0.05, 0.1) is 67.0 Å². The molecule has 0 spiro atoms. The molecule has 6 aromatic rings. The van der Waals surface area contributed by atoms with Crippen molar-refractivity contribution in [2.75, 3.05) is 44.8 Å².